The standard InChI is InChI=1S/C7H5ClIN/c1-5(8)7-3-2-6(9)4-10-7/h2-4H,1H2. The van der Waals surface area contributed by atoms with Crippen LogP contribution in [0.25, 0.3) is 5.03 Å². The first-order chi connectivity index (χ1) is 4.70. The van der Waals surface area contributed by atoms with E-state index in [1.165, 1.54) is 0 Å². The minimum Gasteiger partial charge on any atom is -0.254 e. The number of pyridine rings is 1. The highest BCUT2D eigenvalue weighted by molar-refractivity contribution is 14.1. The molecule has 1 rings (SSSR count). The van der Waals surface area contributed by atoms with E-state index in [4.69, 9.17) is 11.6 Å². The first-order valence-electron chi connectivity index (χ1n) is 2.66. The molecule has 0 aliphatic carbocycles. The molecule has 1 aromatic rings. The van der Waals surface area contributed by atoms with Gasteiger partial charge in [-0.05, 0) is 34.7 Å². The van der Waals surface area contributed by atoms with Crippen molar-refractivity contribution in [3.8, 4) is 0 Å². The Morgan fingerprint density at radius 3 is 2.70 bits per heavy atom. The molecule has 0 saturated heterocycles. The van der Waals surface area contributed by atoms with Crippen LogP contribution in [0.15, 0.2) is 24.9 Å². The van der Waals surface area contributed by atoms with E-state index in [0.29, 0.717) is 5.03 Å². The van der Waals surface area contributed by atoms with Gasteiger partial charge in [0.2, 0.25) is 0 Å². The van der Waals surface area contributed by atoms with Gasteiger partial charge in [-0.3, -0.25) is 4.98 Å². The van der Waals surface area contributed by atoms with E-state index in [1.54, 1.807) is 6.20 Å². The van der Waals surface area contributed by atoms with Crippen LogP contribution in [-0.2, 0) is 0 Å². The Balaban J connectivity index is 3.00. The molecule has 0 aliphatic rings. The lowest BCUT2D eigenvalue weighted by molar-refractivity contribution is 1.27. The summed E-state index contributed by atoms with van der Waals surface area (Å²) in [6.45, 7) is 3.56. The Labute approximate surface area is 78.3 Å². The minimum absolute atomic E-state index is 0.483. The quantitative estimate of drug-likeness (QED) is 0.712. The van der Waals surface area contributed by atoms with Gasteiger partial charge in [0.15, 0.2) is 0 Å². The van der Waals surface area contributed by atoms with Gasteiger partial charge in [0.05, 0.1) is 10.7 Å². The molecule has 0 radical (unpaired) electrons. The molecular weight excluding hydrogens is 260 g/mol. The highest BCUT2D eigenvalue weighted by Gasteiger charge is 1.94. The highest BCUT2D eigenvalue weighted by Crippen LogP contribution is 2.13. The molecule has 0 unspecified atom stereocenters. The predicted molar refractivity (Wildman–Crippen MR) is 51.8 cm³/mol. The molecule has 52 valence electrons. The second-order valence-electron chi connectivity index (χ2n) is 1.77. The summed E-state index contributed by atoms with van der Waals surface area (Å²) in [4.78, 5) is 4.04. The van der Waals surface area contributed by atoms with E-state index in [-0.39, 0.29) is 0 Å². The second-order valence-corrected chi connectivity index (χ2v) is 3.47. The minimum atomic E-state index is 0.483. The third-order valence-electron chi connectivity index (χ3n) is 1.01. The number of halogens is 2. The number of rotatable bonds is 1. The van der Waals surface area contributed by atoms with Crippen LogP contribution < -0.4 is 0 Å². The van der Waals surface area contributed by atoms with Crippen molar-refractivity contribution >= 4 is 39.2 Å². The summed E-state index contributed by atoms with van der Waals surface area (Å²) >= 11 is 7.78. The summed E-state index contributed by atoms with van der Waals surface area (Å²) in [7, 11) is 0. The van der Waals surface area contributed by atoms with E-state index < -0.39 is 0 Å². The van der Waals surface area contributed by atoms with Crippen molar-refractivity contribution in [3.63, 3.8) is 0 Å². The molecule has 1 nitrogen and oxygen atoms in total. The van der Waals surface area contributed by atoms with Crippen molar-refractivity contribution < 1.29 is 0 Å². The zero-order valence-electron chi connectivity index (χ0n) is 5.14. The Kier molecular flexibility index (Phi) is 2.68. The molecule has 0 spiro atoms. The van der Waals surface area contributed by atoms with Gasteiger partial charge in [-0.1, -0.05) is 18.2 Å². The van der Waals surface area contributed by atoms with Crippen molar-refractivity contribution in [2.24, 2.45) is 0 Å². The third-order valence-corrected chi connectivity index (χ3v) is 1.84. The third kappa shape index (κ3) is 1.95. The number of hydrogen-bond acceptors (Lipinski definition) is 1. The van der Waals surface area contributed by atoms with E-state index in [9.17, 15) is 0 Å². The number of hydrogen-bond donors (Lipinski definition) is 0. The Bertz CT molecular complexity index is 242. The summed E-state index contributed by atoms with van der Waals surface area (Å²) < 4.78 is 1.10. The lowest BCUT2D eigenvalue weighted by atomic mass is 10.3. The molecule has 1 heterocycles. The molecule has 1 aromatic heterocycles. The molecule has 0 aliphatic heterocycles. The molecule has 0 amide bonds. The van der Waals surface area contributed by atoms with Gasteiger partial charge in [-0.15, -0.1) is 0 Å². The maximum atomic E-state index is 5.60. The van der Waals surface area contributed by atoms with Gasteiger partial charge in [0.25, 0.3) is 0 Å². The van der Waals surface area contributed by atoms with Gasteiger partial charge in [0.1, 0.15) is 0 Å². The van der Waals surface area contributed by atoms with E-state index in [1.807, 2.05) is 12.1 Å². The van der Waals surface area contributed by atoms with Gasteiger partial charge in [-0.2, -0.15) is 0 Å². The van der Waals surface area contributed by atoms with Crippen LogP contribution in [0.2, 0.25) is 0 Å². The van der Waals surface area contributed by atoms with Crippen LogP contribution in [0, 0.1) is 3.57 Å². The maximum absolute atomic E-state index is 5.60. The lowest BCUT2D eigenvalue weighted by Crippen LogP contribution is -1.82. The Hall–Kier alpha value is -0.0900. The second kappa shape index (κ2) is 3.34. The SMILES string of the molecule is C=C(Cl)c1ccc(I)cn1. The molecule has 0 saturated carbocycles. The topological polar surface area (TPSA) is 12.9 Å². The average molecular weight is 265 g/mol. The van der Waals surface area contributed by atoms with Gasteiger partial charge < -0.3 is 0 Å². The van der Waals surface area contributed by atoms with Crippen LogP contribution in [0.1, 0.15) is 5.69 Å². The molecule has 0 bridgehead atoms. The van der Waals surface area contributed by atoms with Crippen LogP contribution >= 0.6 is 34.2 Å². The van der Waals surface area contributed by atoms with Crippen LogP contribution in [0.3, 0.4) is 0 Å². The summed E-state index contributed by atoms with van der Waals surface area (Å²) in [6, 6.07) is 3.79. The van der Waals surface area contributed by atoms with E-state index in [2.05, 4.69) is 34.2 Å². The fourth-order valence-electron chi connectivity index (χ4n) is 0.536. The van der Waals surface area contributed by atoms with Crippen LogP contribution in [0.5, 0.6) is 0 Å². The molecule has 10 heavy (non-hydrogen) atoms. The normalized spacial score (nSPS) is 9.40. The smallest absolute Gasteiger partial charge is 0.0810 e. The number of aromatic nitrogens is 1. The van der Waals surface area contributed by atoms with E-state index >= 15 is 0 Å². The lowest BCUT2D eigenvalue weighted by Gasteiger charge is -1.94. The molecule has 0 N–H and O–H groups in total. The van der Waals surface area contributed by atoms with Crippen LogP contribution in [-0.4, -0.2) is 4.98 Å². The summed E-state index contributed by atoms with van der Waals surface area (Å²) in [5, 5.41) is 0.483. The Morgan fingerprint density at radius 2 is 2.30 bits per heavy atom. The largest absolute Gasteiger partial charge is 0.254 e. The van der Waals surface area contributed by atoms with Crippen molar-refractivity contribution in [3.05, 3.63) is 34.2 Å². The van der Waals surface area contributed by atoms with Gasteiger partial charge in [0, 0.05) is 9.77 Å². The molecule has 3 heteroatoms. The van der Waals surface area contributed by atoms with Crippen LogP contribution in [0.4, 0.5) is 0 Å². The fourth-order valence-corrected chi connectivity index (χ4v) is 0.967. The average Bonchev–Trinajstić information content (AvgIpc) is 1.88. The first kappa shape index (κ1) is 8.01. The van der Waals surface area contributed by atoms with Crippen molar-refractivity contribution in [1.82, 2.24) is 4.98 Å². The number of nitrogens with zero attached hydrogens (tertiary/aromatic N) is 1. The van der Waals surface area contributed by atoms with Crippen molar-refractivity contribution in [2.45, 2.75) is 0 Å². The van der Waals surface area contributed by atoms with Crippen molar-refractivity contribution in [2.75, 3.05) is 0 Å². The summed E-state index contributed by atoms with van der Waals surface area (Å²) in [6.07, 6.45) is 1.75. The van der Waals surface area contributed by atoms with Gasteiger partial charge >= 0.3 is 0 Å². The maximum Gasteiger partial charge on any atom is 0.0810 e. The summed E-state index contributed by atoms with van der Waals surface area (Å²) in [5.41, 5.74) is 0.738. The molecular formula is C7H5ClIN. The predicted octanol–water partition coefficient (Wildman–Crippen LogP) is 2.90. The summed E-state index contributed by atoms with van der Waals surface area (Å²) in [5.74, 6) is 0. The monoisotopic (exact) mass is 265 g/mol. The molecule has 0 aromatic carbocycles. The molecule has 0 fully saturated rings. The zero-order chi connectivity index (χ0) is 7.56. The zero-order valence-corrected chi connectivity index (χ0v) is 8.06. The fraction of sp³-hybridized carbons (Fsp3) is 0. The molecule has 0 atom stereocenters. The first-order valence-corrected chi connectivity index (χ1v) is 4.12. The Morgan fingerprint density at radius 1 is 1.60 bits per heavy atom. The van der Waals surface area contributed by atoms with Gasteiger partial charge in [-0.25, -0.2) is 0 Å². The van der Waals surface area contributed by atoms with E-state index in [0.717, 1.165) is 9.26 Å². The highest BCUT2D eigenvalue weighted by atomic mass is 127. The van der Waals surface area contributed by atoms with Crippen molar-refractivity contribution in [1.29, 1.82) is 0 Å².